The quantitative estimate of drug-likeness (QED) is 0.925. The maximum Gasteiger partial charge on any atom is 0.0714 e. The van der Waals surface area contributed by atoms with Crippen LogP contribution in [0.1, 0.15) is 18.4 Å². The zero-order valence-corrected chi connectivity index (χ0v) is 13.6. The second-order valence-corrected chi connectivity index (χ2v) is 7.54. The van der Waals surface area contributed by atoms with E-state index in [4.69, 9.17) is 0 Å². The molecule has 4 heteroatoms. The Morgan fingerprint density at radius 2 is 2.29 bits per heavy atom. The molecule has 0 amide bonds. The van der Waals surface area contributed by atoms with Crippen molar-refractivity contribution in [1.29, 1.82) is 0 Å². The summed E-state index contributed by atoms with van der Waals surface area (Å²) in [6.45, 7) is 2.40. The first-order valence-corrected chi connectivity index (χ1v) is 8.48. The topological polar surface area (TPSA) is 26.7 Å². The predicted molar refractivity (Wildman–Crippen MR) is 90.9 cm³/mol. The van der Waals surface area contributed by atoms with Crippen molar-refractivity contribution in [2.45, 2.75) is 23.6 Å². The predicted octanol–water partition coefficient (Wildman–Crippen LogP) is 2.67. The highest BCUT2D eigenvalue weighted by Gasteiger charge is 2.34. The van der Waals surface area contributed by atoms with Gasteiger partial charge >= 0.3 is 0 Å². The van der Waals surface area contributed by atoms with Crippen LogP contribution in [0.2, 0.25) is 0 Å². The van der Waals surface area contributed by atoms with Crippen molar-refractivity contribution < 1.29 is 5.11 Å². The van der Waals surface area contributed by atoms with Crippen LogP contribution in [-0.2, 0) is 4.75 Å². The van der Waals surface area contributed by atoms with Crippen LogP contribution in [0.25, 0.3) is 0 Å². The Kier molecular flexibility index (Phi) is 4.29. The lowest BCUT2D eigenvalue weighted by Crippen LogP contribution is -2.31. The van der Waals surface area contributed by atoms with Crippen LogP contribution in [0.5, 0.6) is 0 Å². The third kappa shape index (κ3) is 2.85. The van der Waals surface area contributed by atoms with Gasteiger partial charge in [-0.25, -0.2) is 0 Å². The summed E-state index contributed by atoms with van der Waals surface area (Å²) in [6, 6.07) is 9.39. The SMILES string of the molecule is CN(C)C1CCN(c2cccc(C3(CO)CC=CS3)c2)C1. The molecule has 2 aliphatic rings. The number of rotatable bonds is 4. The zero-order valence-electron chi connectivity index (χ0n) is 12.8. The summed E-state index contributed by atoms with van der Waals surface area (Å²) >= 11 is 1.74. The first-order chi connectivity index (χ1) is 10.1. The van der Waals surface area contributed by atoms with Gasteiger partial charge in [0, 0.05) is 24.8 Å². The van der Waals surface area contributed by atoms with Crippen molar-refractivity contribution in [3.05, 3.63) is 41.3 Å². The van der Waals surface area contributed by atoms with E-state index in [1.165, 1.54) is 17.7 Å². The molecular formula is C17H24N2OS. The first kappa shape index (κ1) is 14.9. The second kappa shape index (κ2) is 6.03. The highest BCUT2D eigenvalue weighted by Crippen LogP contribution is 2.45. The lowest BCUT2D eigenvalue weighted by atomic mass is 9.95. The molecule has 3 nitrogen and oxygen atoms in total. The van der Waals surface area contributed by atoms with Crippen molar-refractivity contribution in [3.8, 4) is 0 Å². The largest absolute Gasteiger partial charge is 0.395 e. The first-order valence-electron chi connectivity index (χ1n) is 7.60. The van der Waals surface area contributed by atoms with E-state index in [-0.39, 0.29) is 11.4 Å². The minimum Gasteiger partial charge on any atom is -0.395 e. The second-order valence-electron chi connectivity index (χ2n) is 6.25. The number of likely N-dealkylation sites (N-methyl/N-ethyl adjacent to an activating group) is 1. The van der Waals surface area contributed by atoms with Crippen LogP contribution in [0.3, 0.4) is 0 Å². The van der Waals surface area contributed by atoms with Crippen LogP contribution in [0.4, 0.5) is 5.69 Å². The van der Waals surface area contributed by atoms with E-state index in [9.17, 15) is 5.11 Å². The average Bonchev–Trinajstić information content (AvgIpc) is 3.17. The molecule has 0 bridgehead atoms. The normalized spacial score (nSPS) is 28.8. The molecule has 2 aliphatic heterocycles. The molecule has 1 aromatic rings. The van der Waals surface area contributed by atoms with E-state index in [1.54, 1.807) is 11.8 Å². The van der Waals surface area contributed by atoms with Gasteiger partial charge in [0.15, 0.2) is 0 Å². The zero-order chi connectivity index (χ0) is 14.9. The summed E-state index contributed by atoms with van der Waals surface area (Å²) in [5.74, 6) is 0. The fraction of sp³-hybridized carbons (Fsp3) is 0.529. The fourth-order valence-electron chi connectivity index (χ4n) is 3.23. The van der Waals surface area contributed by atoms with Crippen LogP contribution in [0, 0.1) is 0 Å². The molecule has 0 saturated carbocycles. The van der Waals surface area contributed by atoms with Gasteiger partial charge in [-0.05, 0) is 50.0 Å². The van der Waals surface area contributed by atoms with Crippen molar-refractivity contribution >= 4 is 17.4 Å². The number of allylic oxidation sites excluding steroid dienone is 1. The minimum absolute atomic E-state index is 0.170. The molecule has 1 saturated heterocycles. The number of nitrogens with zero attached hydrogens (tertiary/aromatic N) is 2. The highest BCUT2D eigenvalue weighted by molar-refractivity contribution is 8.03. The monoisotopic (exact) mass is 304 g/mol. The van der Waals surface area contributed by atoms with Crippen molar-refractivity contribution in [2.24, 2.45) is 0 Å². The van der Waals surface area contributed by atoms with E-state index in [2.05, 4.69) is 59.6 Å². The van der Waals surface area contributed by atoms with Gasteiger partial charge in [-0.3, -0.25) is 0 Å². The van der Waals surface area contributed by atoms with Crippen LogP contribution in [-0.4, -0.2) is 49.8 Å². The van der Waals surface area contributed by atoms with Crippen molar-refractivity contribution in [2.75, 3.05) is 38.7 Å². The fourth-order valence-corrected chi connectivity index (χ4v) is 4.21. The molecular weight excluding hydrogens is 280 g/mol. The van der Waals surface area contributed by atoms with E-state index >= 15 is 0 Å². The van der Waals surface area contributed by atoms with Gasteiger partial charge in [0.05, 0.1) is 11.4 Å². The van der Waals surface area contributed by atoms with Gasteiger partial charge in [0.1, 0.15) is 0 Å². The third-order valence-corrected chi connectivity index (χ3v) is 6.04. The van der Waals surface area contributed by atoms with E-state index in [0.29, 0.717) is 6.04 Å². The van der Waals surface area contributed by atoms with Gasteiger partial charge in [0.2, 0.25) is 0 Å². The molecule has 1 aromatic carbocycles. The summed E-state index contributed by atoms with van der Waals surface area (Å²) in [5, 5.41) is 12.0. The summed E-state index contributed by atoms with van der Waals surface area (Å²) < 4.78 is -0.170. The smallest absolute Gasteiger partial charge is 0.0714 e. The maximum atomic E-state index is 9.86. The van der Waals surface area contributed by atoms with Gasteiger partial charge in [-0.15, -0.1) is 11.8 Å². The molecule has 2 heterocycles. The molecule has 2 atom stereocenters. The Balaban J connectivity index is 1.81. The molecule has 0 spiro atoms. The van der Waals surface area contributed by atoms with Crippen LogP contribution >= 0.6 is 11.8 Å². The summed E-state index contributed by atoms with van der Waals surface area (Å²) in [5.41, 5.74) is 2.53. The summed E-state index contributed by atoms with van der Waals surface area (Å²) in [4.78, 5) is 4.78. The number of anilines is 1. The van der Waals surface area contributed by atoms with Crippen LogP contribution < -0.4 is 4.90 Å². The van der Waals surface area contributed by atoms with E-state index in [0.717, 1.165) is 19.5 Å². The molecule has 0 radical (unpaired) electrons. The number of thioether (sulfide) groups is 1. The number of benzene rings is 1. The number of aliphatic hydroxyl groups excluding tert-OH is 1. The van der Waals surface area contributed by atoms with Crippen molar-refractivity contribution in [1.82, 2.24) is 4.90 Å². The molecule has 3 rings (SSSR count). The standard InChI is InChI=1S/C17H24N2OS/c1-18(2)16-7-9-19(12-16)15-6-3-5-14(11-15)17(13-20)8-4-10-21-17/h3-6,10-11,16,20H,7-9,12-13H2,1-2H3. The van der Waals surface area contributed by atoms with Gasteiger partial charge < -0.3 is 14.9 Å². The number of aliphatic hydroxyl groups is 1. The molecule has 1 N–H and O–H groups in total. The summed E-state index contributed by atoms with van der Waals surface area (Å²) in [7, 11) is 4.32. The van der Waals surface area contributed by atoms with Crippen LogP contribution in [0.15, 0.2) is 35.7 Å². The third-order valence-electron chi connectivity index (χ3n) is 4.72. The van der Waals surface area contributed by atoms with E-state index < -0.39 is 0 Å². The van der Waals surface area contributed by atoms with Gasteiger partial charge in [-0.1, -0.05) is 18.2 Å². The Morgan fingerprint density at radius 3 is 2.90 bits per heavy atom. The summed E-state index contributed by atoms with van der Waals surface area (Å²) in [6.07, 6.45) is 4.29. The van der Waals surface area contributed by atoms with E-state index in [1.807, 2.05) is 0 Å². The molecule has 114 valence electrons. The Hall–Kier alpha value is -0.970. The lowest BCUT2D eigenvalue weighted by molar-refractivity contribution is 0.251. The maximum absolute atomic E-state index is 9.86. The average molecular weight is 304 g/mol. The Labute approximate surface area is 131 Å². The van der Waals surface area contributed by atoms with Crippen molar-refractivity contribution in [3.63, 3.8) is 0 Å². The van der Waals surface area contributed by atoms with Gasteiger partial charge in [0.25, 0.3) is 0 Å². The lowest BCUT2D eigenvalue weighted by Gasteiger charge is -2.28. The Morgan fingerprint density at radius 1 is 1.43 bits per heavy atom. The van der Waals surface area contributed by atoms with Gasteiger partial charge in [-0.2, -0.15) is 0 Å². The minimum atomic E-state index is -0.170. The molecule has 21 heavy (non-hydrogen) atoms. The Bertz CT molecular complexity index is 521. The molecule has 1 fully saturated rings. The number of hydrogen-bond acceptors (Lipinski definition) is 4. The molecule has 0 aromatic heterocycles. The molecule has 2 unspecified atom stereocenters. The molecule has 0 aliphatic carbocycles. The highest BCUT2D eigenvalue weighted by atomic mass is 32.2. The number of hydrogen-bond donors (Lipinski definition) is 1.